The van der Waals surface area contributed by atoms with Gasteiger partial charge in [-0.2, -0.15) is 0 Å². The average Bonchev–Trinajstić information content (AvgIpc) is 2.86. The highest BCUT2D eigenvalue weighted by atomic mass is 16.5. The summed E-state index contributed by atoms with van der Waals surface area (Å²) < 4.78 is 5.38. The zero-order valence-corrected chi connectivity index (χ0v) is 11.9. The largest absolute Gasteiger partial charge is 0.481 e. The smallest absolute Gasteiger partial charge is 0.315 e. The summed E-state index contributed by atoms with van der Waals surface area (Å²) >= 11 is 0. The summed E-state index contributed by atoms with van der Waals surface area (Å²) in [5.74, 6) is -1.34. The van der Waals surface area contributed by atoms with E-state index in [0.29, 0.717) is 19.6 Å². The summed E-state index contributed by atoms with van der Waals surface area (Å²) in [5, 5.41) is 14.3. The van der Waals surface area contributed by atoms with Crippen LogP contribution in [0.3, 0.4) is 0 Å². The monoisotopic (exact) mass is 284 g/mol. The summed E-state index contributed by atoms with van der Waals surface area (Å²) in [6.07, 6.45) is 6.72. The van der Waals surface area contributed by atoms with E-state index >= 15 is 0 Å². The molecule has 0 aromatic heterocycles. The second kappa shape index (κ2) is 9.36. The maximum atomic E-state index is 11.6. The van der Waals surface area contributed by atoms with Gasteiger partial charge >= 0.3 is 12.0 Å². The number of carboxylic acids is 1. The van der Waals surface area contributed by atoms with E-state index in [9.17, 15) is 9.59 Å². The van der Waals surface area contributed by atoms with Crippen molar-refractivity contribution < 1.29 is 19.4 Å². The van der Waals surface area contributed by atoms with E-state index in [0.717, 1.165) is 25.9 Å². The minimum absolute atomic E-state index is 0.197. The zero-order chi connectivity index (χ0) is 14.8. The molecular weight excluding hydrogens is 260 g/mol. The van der Waals surface area contributed by atoms with E-state index in [1.54, 1.807) is 12.2 Å². The van der Waals surface area contributed by atoms with Gasteiger partial charge in [0.15, 0.2) is 0 Å². The third-order valence-electron chi connectivity index (χ3n) is 3.11. The molecule has 0 bridgehead atoms. The van der Waals surface area contributed by atoms with Gasteiger partial charge in [0.25, 0.3) is 0 Å². The van der Waals surface area contributed by atoms with Crippen molar-refractivity contribution >= 4 is 12.0 Å². The lowest BCUT2D eigenvalue weighted by Crippen LogP contribution is -2.41. The molecule has 1 aliphatic rings. The highest BCUT2D eigenvalue weighted by Gasteiger charge is 2.25. The van der Waals surface area contributed by atoms with Gasteiger partial charge in [-0.05, 0) is 19.3 Å². The Labute approximate surface area is 119 Å². The molecular formula is C14H24N2O4. The number of carbonyl (C=O) groups excluding carboxylic acids is 1. The topological polar surface area (TPSA) is 87.7 Å². The molecule has 0 radical (unpaired) electrons. The number of ether oxygens (including phenoxy) is 1. The molecule has 6 heteroatoms. The first kappa shape index (κ1) is 16.5. The van der Waals surface area contributed by atoms with Crippen LogP contribution in [-0.2, 0) is 9.53 Å². The SMILES string of the molecule is CCCCOCCCNC(=O)NC1C=CC(C(=O)O)C1. The van der Waals surface area contributed by atoms with Crippen LogP contribution in [0.5, 0.6) is 0 Å². The van der Waals surface area contributed by atoms with Crippen molar-refractivity contribution in [2.24, 2.45) is 5.92 Å². The van der Waals surface area contributed by atoms with Crippen LogP contribution in [-0.4, -0.2) is 42.9 Å². The van der Waals surface area contributed by atoms with E-state index in [1.165, 1.54) is 0 Å². The van der Waals surface area contributed by atoms with Crippen LogP contribution in [0.2, 0.25) is 0 Å². The Hall–Kier alpha value is -1.56. The van der Waals surface area contributed by atoms with Gasteiger partial charge in [0, 0.05) is 19.8 Å². The predicted molar refractivity (Wildman–Crippen MR) is 75.5 cm³/mol. The van der Waals surface area contributed by atoms with Crippen molar-refractivity contribution in [3.8, 4) is 0 Å². The second-order valence-electron chi connectivity index (χ2n) is 4.89. The number of carboxylic acid groups (broad SMARTS) is 1. The van der Waals surface area contributed by atoms with Gasteiger partial charge in [0.05, 0.1) is 12.0 Å². The zero-order valence-electron chi connectivity index (χ0n) is 11.9. The molecule has 20 heavy (non-hydrogen) atoms. The maximum absolute atomic E-state index is 11.6. The molecule has 0 aliphatic heterocycles. The van der Waals surface area contributed by atoms with E-state index in [2.05, 4.69) is 17.6 Å². The molecule has 2 amide bonds. The maximum Gasteiger partial charge on any atom is 0.315 e. The normalized spacial score (nSPS) is 20.9. The van der Waals surface area contributed by atoms with Crippen LogP contribution < -0.4 is 10.6 Å². The molecule has 3 N–H and O–H groups in total. The Kier molecular flexibility index (Phi) is 7.72. The number of hydrogen-bond acceptors (Lipinski definition) is 3. The summed E-state index contributed by atoms with van der Waals surface area (Å²) in [4.78, 5) is 22.3. The Balaban J connectivity index is 2.01. The third-order valence-corrected chi connectivity index (χ3v) is 3.11. The number of hydrogen-bond donors (Lipinski definition) is 3. The van der Waals surface area contributed by atoms with Gasteiger partial charge in [-0.25, -0.2) is 4.79 Å². The average molecular weight is 284 g/mol. The Bertz CT molecular complexity index is 344. The van der Waals surface area contributed by atoms with Crippen molar-refractivity contribution in [1.29, 1.82) is 0 Å². The molecule has 0 spiro atoms. The molecule has 6 nitrogen and oxygen atoms in total. The lowest BCUT2D eigenvalue weighted by molar-refractivity contribution is -0.140. The number of rotatable bonds is 9. The molecule has 0 saturated carbocycles. The van der Waals surface area contributed by atoms with Gasteiger partial charge in [-0.1, -0.05) is 25.5 Å². The lowest BCUT2D eigenvalue weighted by atomic mass is 10.1. The van der Waals surface area contributed by atoms with E-state index in [1.807, 2.05) is 0 Å². The molecule has 2 unspecified atom stereocenters. The van der Waals surface area contributed by atoms with Crippen molar-refractivity contribution in [2.45, 2.75) is 38.6 Å². The number of nitrogens with one attached hydrogen (secondary N) is 2. The first-order valence-corrected chi connectivity index (χ1v) is 7.16. The van der Waals surface area contributed by atoms with Crippen molar-refractivity contribution in [3.63, 3.8) is 0 Å². The summed E-state index contributed by atoms with van der Waals surface area (Å²) in [7, 11) is 0. The van der Waals surface area contributed by atoms with Gasteiger partial charge in [0.2, 0.25) is 0 Å². The number of unbranched alkanes of at least 4 members (excludes halogenated alkanes) is 1. The molecule has 1 rings (SSSR count). The van der Waals surface area contributed by atoms with Gasteiger partial charge in [0.1, 0.15) is 0 Å². The molecule has 2 atom stereocenters. The van der Waals surface area contributed by atoms with Crippen LogP contribution in [0.15, 0.2) is 12.2 Å². The van der Waals surface area contributed by atoms with Crippen LogP contribution in [0.4, 0.5) is 4.79 Å². The van der Waals surface area contributed by atoms with E-state index in [-0.39, 0.29) is 12.1 Å². The molecule has 0 heterocycles. The number of urea groups is 1. The Morgan fingerprint density at radius 3 is 2.70 bits per heavy atom. The quantitative estimate of drug-likeness (QED) is 0.442. The highest BCUT2D eigenvalue weighted by molar-refractivity contribution is 5.76. The summed E-state index contributed by atoms with van der Waals surface area (Å²) in [6.45, 7) is 4.08. The van der Waals surface area contributed by atoms with Crippen molar-refractivity contribution in [1.82, 2.24) is 10.6 Å². The fourth-order valence-electron chi connectivity index (χ4n) is 1.93. The standard InChI is InChI=1S/C14H24N2O4/c1-2-3-8-20-9-4-7-15-14(19)16-12-6-5-11(10-12)13(17)18/h5-6,11-12H,2-4,7-10H2,1H3,(H,17,18)(H2,15,16,19). The minimum atomic E-state index is -0.852. The summed E-state index contributed by atoms with van der Waals surface area (Å²) in [6, 6.07) is -0.462. The van der Waals surface area contributed by atoms with Gasteiger partial charge < -0.3 is 20.5 Å². The molecule has 0 fully saturated rings. The first-order chi connectivity index (χ1) is 9.63. The van der Waals surface area contributed by atoms with Gasteiger partial charge in [-0.15, -0.1) is 0 Å². The Morgan fingerprint density at radius 1 is 1.30 bits per heavy atom. The van der Waals surface area contributed by atoms with Crippen LogP contribution in [0.1, 0.15) is 32.6 Å². The second-order valence-corrected chi connectivity index (χ2v) is 4.89. The van der Waals surface area contributed by atoms with E-state index in [4.69, 9.17) is 9.84 Å². The minimum Gasteiger partial charge on any atom is -0.481 e. The van der Waals surface area contributed by atoms with Crippen LogP contribution in [0, 0.1) is 5.92 Å². The van der Waals surface area contributed by atoms with E-state index < -0.39 is 11.9 Å². The third kappa shape index (κ3) is 6.56. The number of aliphatic carboxylic acids is 1. The summed E-state index contributed by atoms with van der Waals surface area (Å²) in [5.41, 5.74) is 0. The number of carbonyl (C=O) groups is 2. The Morgan fingerprint density at radius 2 is 2.05 bits per heavy atom. The fraction of sp³-hybridized carbons (Fsp3) is 0.714. The molecule has 1 aliphatic carbocycles. The molecule has 0 saturated heterocycles. The van der Waals surface area contributed by atoms with Crippen LogP contribution >= 0.6 is 0 Å². The van der Waals surface area contributed by atoms with Gasteiger partial charge in [-0.3, -0.25) is 4.79 Å². The van der Waals surface area contributed by atoms with Crippen molar-refractivity contribution in [3.05, 3.63) is 12.2 Å². The lowest BCUT2D eigenvalue weighted by Gasteiger charge is -2.13. The highest BCUT2D eigenvalue weighted by Crippen LogP contribution is 2.17. The first-order valence-electron chi connectivity index (χ1n) is 7.16. The number of amides is 2. The molecule has 114 valence electrons. The molecule has 0 aromatic rings. The fourth-order valence-corrected chi connectivity index (χ4v) is 1.93. The van der Waals surface area contributed by atoms with Crippen molar-refractivity contribution in [2.75, 3.05) is 19.8 Å². The van der Waals surface area contributed by atoms with Crippen LogP contribution in [0.25, 0.3) is 0 Å². The predicted octanol–water partition coefficient (Wildman–Crippen LogP) is 1.52. The molecule has 0 aromatic carbocycles.